The number of benzene rings is 2. The van der Waals surface area contributed by atoms with Gasteiger partial charge in [-0.05, 0) is 41.8 Å². The molecule has 1 atom stereocenters. The van der Waals surface area contributed by atoms with Crippen LogP contribution in [0.5, 0.6) is 0 Å². The highest BCUT2D eigenvalue weighted by Gasteiger charge is 2.31. The molecule has 4 nitrogen and oxygen atoms in total. The van der Waals surface area contributed by atoms with Crippen molar-refractivity contribution in [2.45, 2.75) is 25.8 Å². The number of aryl methyl sites for hydroxylation is 1. The number of halogens is 4. The van der Waals surface area contributed by atoms with Gasteiger partial charge in [0.05, 0.1) is 44.9 Å². The van der Waals surface area contributed by atoms with Crippen LogP contribution in [0.25, 0.3) is 11.1 Å². The Kier molecular flexibility index (Phi) is 6.98. The van der Waals surface area contributed by atoms with Crippen LogP contribution in [-0.2, 0) is 17.5 Å². The Bertz CT molecular complexity index is 1350. The molecule has 0 amide bonds. The lowest BCUT2D eigenvalue weighted by molar-refractivity contribution is -0.137. The second kappa shape index (κ2) is 9.94. The van der Waals surface area contributed by atoms with Gasteiger partial charge >= 0.3 is 6.18 Å². The average molecular weight is 500 g/mol. The summed E-state index contributed by atoms with van der Waals surface area (Å²) in [6.07, 6.45) is -2.70. The highest BCUT2D eigenvalue weighted by Crippen LogP contribution is 2.36. The minimum absolute atomic E-state index is 0.112. The molecule has 0 N–H and O–H groups in total. The Hall–Kier alpha value is -3.25. The van der Waals surface area contributed by atoms with Gasteiger partial charge in [0.1, 0.15) is 6.10 Å². The SMILES string of the molecule is Cc1ccccc1-c1cc(C(OCc2ncc(C(F)(F)F)cc2Cl)c2cncs2)ccc1C#N. The molecule has 4 rings (SSSR count). The van der Waals surface area contributed by atoms with Gasteiger partial charge in [0.15, 0.2) is 0 Å². The fraction of sp³-hybridized carbons (Fsp3) is 0.160. The highest BCUT2D eigenvalue weighted by molar-refractivity contribution is 7.09. The van der Waals surface area contributed by atoms with Crippen LogP contribution in [-0.4, -0.2) is 9.97 Å². The number of ether oxygens (including phenoxy) is 1. The van der Waals surface area contributed by atoms with E-state index in [1.165, 1.54) is 11.3 Å². The van der Waals surface area contributed by atoms with Crippen molar-refractivity contribution < 1.29 is 17.9 Å². The number of thiazole rings is 1. The molecule has 9 heteroatoms. The summed E-state index contributed by atoms with van der Waals surface area (Å²) in [4.78, 5) is 8.79. The van der Waals surface area contributed by atoms with Crippen molar-refractivity contribution >= 4 is 22.9 Å². The third kappa shape index (κ3) is 5.12. The van der Waals surface area contributed by atoms with E-state index < -0.39 is 17.8 Å². The van der Waals surface area contributed by atoms with Gasteiger partial charge in [-0.15, -0.1) is 11.3 Å². The van der Waals surface area contributed by atoms with Crippen molar-refractivity contribution in [1.29, 1.82) is 5.26 Å². The van der Waals surface area contributed by atoms with E-state index in [2.05, 4.69) is 16.0 Å². The third-order valence-corrected chi connectivity index (χ3v) is 6.39. The van der Waals surface area contributed by atoms with Crippen molar-refractivity contribution in [2.24, 2.45) is 0 Å². The van der Waals surface area contributed by atoms with Gasteiger partial charge < -0.3 is 4.74 Å². The van der Waals surface area contributed by atoms with Crippen LogP contribution in [0.3, 0.4) is 0 Å². The molecule has 4 aromatic rings. The smallest absolute Gasteiger partial charge is 0.362 e. The summed E-state index contributed by atoms with van der Waals surface area (Å²) in [6, 6.07) is 16.3. The summed E-state index contributed by atoms with van der Waals surface area (Å²) in [5, 5.41) is 9.53. The van der Waals surface area contributed by atoms with Crippen molar-refractivity contribution in [2.75, 3.05) is 0 Å². The molecule has 0 bridgehead atoms. The van der Waals surface area contributed by atoms with Gasteiger partial charge in [0, 0.05) is 18.0 Å². The molecule has 0 aliphatic heterocycles. The minimum Gasteiger partial charge on any atom is -0.362 e. The third-order valence-electron chi connectivity index (χ3n) is 5.24. The first kappa shape index (κ1) is 23.9. The van der Waals surface area contributed by atoms with Gasteiger partial charge in [0.2, 0.25) is 0 Å². The summed E-state index contributed by atoms with van der Waals surface area (Å²) >= 11 is 7.45. The summed E-state index contributed by atoms with van der Waals surface area (Å²) < 4.78 is 44.9. The number of alkyl halides is 3. The number of hydrogen-bond donors (Lipinski definition) is 0. The predicted molar refractivity (Wildman–Crippen MR) is 124 cm³/mol. The second-order valence-electron chi connectivity index (χ2n) is 7.48. The molecule has 0 saturated heterocycles. The maximum absolute atomic E-state index is 12.9. The van der Waals surface area contributed by atoms with Crippen LogP contribution < -0.4 is 0 Å². The molecule has 172 valence electrons. The predicted octanol–water partition coefficient (Wildman–Crippen LogP) is 7.36. The zero-order valence-corrected chi connectivity index (χ0v) is 19.4. The van der Waals surface area contributed by atoms with Gasteiger partial charge in [-0.2, -0.15) is 18.4 Å². The fourth-order valence-electron chi connectivity index (χ4n) is 3.51. The monoisotopic (exact) mass is 499 g/mol. The fourth-order valence-corrected chi connectivity index (χ4v) is 4.42. The number of hydrogen-bond acceptors (Lipinski definition) is 5. The van der Waals surface area contributed by atoms with Crippen LogP contribution in [0.2, 0.25) is 5.02 Å². The standard InChI is InChI=1S/C25H17ClF3N3OS/c1-15-4-2-3-5-19(15)20-8-16(6-7-17(20)10-30)24(23-12-31-14-34-23)33-13-22-21(26)9-18(11-32-22)25(27,28)29/h2-9,11-12,14,24H,13H2,1H3. The lowest BCUT2D eigenvalue weighted by atomic mass is 9.93. The van der Waals surface area contributed by atoms with E-state index in [0.717, 1.165) is 39.4 Å². The topological polar surface area (TPSA) is 58.8 Å². The van der Waals surface area contributed by atoms with Crippen LogP contribution >= 0.6 is 22.9 Å². The summed E-state index contributed by atoms with van der Waals surface area (Å²) in [5.74, 6) is 0. The molecule has 2 aromatic carbocycles. The molecular weight excluding hydrogens is 483 g/mol. The number of pyridine rings is 1. The maximum Gasteiger partial charge on any atom is 0.417 e. The molecule has 2 aromatic heterocycles. The Balaban J connectivity index is 1.69. The molecular formula is C25H17ClF3N3OS. The van der Waals surface area contributed by atoms with E-state index in [1.54, 1.807) is 23.8 Å². The van der Waals surface area contributed by atoms with Crippen molar-refractivity contribution in [1.82, 2.24) is 9.97 Å². The van der Waals surface area contributed by atoms with Crippen LogP contribution in [0.1, 0.15) is 38.9 Å². The molecule has 34 heavy (non-hydrogen) atoms. The number of rotatable bonds is 6. The van der Waals surface area contributed by atoms with Crippen LogP contribution in [0.4, 0.5) is 13.2 Å². The van der Waals surface area contributed by atoms with E-state index in [0.29, 0.717) is 5.56 Å². The first-order chi connectivity index (χ1) is 16.3. The highest BCUT2D eigenvalue weighted by atomic mass is 35.5. The maximum atomic E-state index is 12.9. The van der Waals surface area contributed by atoms with Crippen molar-refractivity contribution in [3.8, 4) is 17.2 Å². The van der Waals surface area contributed by atoms with E-state index in [9.17, 15) is 18.4 Å². The number of aromatic nitrogens is 2. The summed E-state index contributed by atoms with van der Waals surface area (Å²) in [7, 11) is 0. The normalized spacial score (nSPS) is 12.4. The summed E-state index contributed by atoms with van der Waals surface area (Å²) in [5.41, 5.74) is 4.94. The van der Waals surface area contributed by atoms with Crippen LogP contribution in [0.15, 0.2) is 66.4 Å². The molecule has 2 heterocycles. The van der Waals surface area contributed by atoms with E-state index in [-0.39, 0.29) is 17.3 Å². The quantitative estimate of drug-likeness (QED) is 0.278. The first-order valence-electron chi connectivity index (χ1n) is 10.1. The molecule has 0 fully saturated rings. The number of nitrogens with zero attached hydrogens (tertiary/aromatic N) is 3. The Labute approximate surface area is 203 Å². The molecule has 0 radical (unpaired) electrons. The molecule has 1 unspecified atom stereocenters. The first-order valence-corrected chi connectivity index (χ1v) is 11.4. The Morgan fingerprint density at radius 3 is 2.56 bits per heavy atom. The van der Waals surface area contributed by atoms with E-state index in [4.69, 9.17) is 16.3 Å². The Morgan fingerprint density at radius 1 is 1.12 bits per heavy atom. The largest absolute Gasteiger partial charge is 0.417 e. The van der Waals surface area contributed by atoms with Gasteiger partial charge in [-0.3, -0.25) is 9.97 Å². The molecule has 0 saturated carbocycles. The summed E-state index contributed by atoms with van der Waals surface area (Å²) in [6.45, 7) is 1.86. The molecule has 0 spiro atoms. The minimum atomic E-state index is -4.53. The van der Waals surface area contributed by atoms with Gasteiger partial charge in [0.25, 0.3) is 0 Å². The lowest BCUT2D eigenvalue weighted by Gasteiger charge is -2.19. The lowest BCUT2D eigenvalue weighted by Crippen LogP contribution is -2.09. The second-order valence-corrected chi connectivity index (χ2v) is 8.80. The zero-order valence-electron chi connectivity index (χ0n) is 17.8. The molecule has 0 aliphatic rings. The van der Waals surface area contributed by atoms with Crippen molar-refractivity contribution in [3.05, 3.63) is 104 Å². The van der Waals surface area contributed by atoms with E-state index >= 15 is 0 Å². The molecule has 0 aliphatic carbocycles. The Morgan fingerprint density at radius 2 is 1.91 bits per heavy atom. The van der Waals surface area contributed by atoms with Gasteiger partial charge in [-0.1, -0.05) is 41.9 Å². The average Bonchev–Trinajstić information content (AvgIpc) is 3.34. The van der Waals surface area contributed by atoms with E-state index in [1.807, 2.05) is 37.3 Å². The zero-order chi connectivity index (χ0) is 24.3. The van der Waals surface area contributed by atoms with Crippen LogP contribution in [0, 0.1) is 18.3 Å². The van der Waals surface area contributed by atoms with Crippen molar-refractivity contribution in [3.63, 3.8) is 0 Å². The number of nitriles is 1. The van der Waals surface area contributed by atoms with Gasteiger partial charge in [-0.25, -0.2) is 0 Å².